The number of nitrogens with zero attached hydrogens (tertiary/aromatic N) is 1. The van der Waals surface area contributed by atoms with Crippen molar-refractivity contribution in [1.29, 1.82) is 0 Å². The molecule has 1 atom stereocenters. The Hall–Kier alpha value is -2.89. The van der Waals surface area contributed by atoms with Crippen LogP contribution in [-0.2, 0) is 4.79 Å². The summed E-state index contributed by atoms with van der Waals surface area (Å²) >= 11 is 11.9. The van der Waals surface area contributed by atoms with E-state index in [2.05, 4.69) is 10.3 Å². The number of hydrogen-bond acceptors (Lipinski definition) is 2. The first-order valence-electron chi connectivity index (χ1n) is 8.99. The summed E-state index contributed by atoms with van der Waals surface area (Å²) in [6.45, 7) is 0. The van der Waals surface area contributed by atoms with E-state index in [9.17, 15) is 9.59 Å². The third kappa shape index (κ3) is 5.56. The maximum Gasteiger partial charge on any atom is 0.274 e. The van der Waals surface area contributed by atoms with E-state index in [4.69, 9.17) is 28.9 Å². The normalized spacial score (nSPS) is 15.2. The minimum Gasteiger partial charge on any atom is -0.383 e. The van der Waals surface area contributed by atoms with Crippen molar-refractivity contribution in [3.05, 3.63) is 93.5 Å². The molecule has 0 fully saturated rings. The number of hydrogen-bond donors (Lipinski definition) is 2. The summed E-state index contributed by atoms with van der Waals surface area (Å²) in [4.78, 5) is 29.6. The number of halogens is 2. The van der Waals surface area contributed by atoms with Gasteiger partial charge in [-0.25, -0.2) is 0 Å². The summed E-state index contributed by atoms with van der Waals surface area (Å²) in [5.74, 6) is -0.868. The zero-order chi connectivity index (χ0) is 20.8. The lowest BCUT2D eigenvalue weighted by Gasteiger charge is -2.21. The molecule has 0 saturated carbocycles. The van der Waals surface area contributed by atoms with E-state index in [1.807, 2.05) is 6.07 Å². The van der Waals surface area contributed by atoms with Crippen LogP contribution in [-0.4, -0.2) is 23.7 Å². The minimum absolute atomic E-state index is 0.0892. The third-order valence-corrected chi connectivity index (χ3v) is 5.00. The van der Waals surface area contributed by atoms with Gasteiger partial charge in [-0.15, -0.1) is 0 Å². The van der Waals surface area contributed by atoms with Gasteiger partial charge in [0, 0.05) is 21.2 Å². The molecule has 0 bridgehead atoms. The molecule has 0 heterocycles. The van der Waals surface area contributed by atoms with Gasteiger partial charge in [0.2, 0.25) is 0 Å². The number of allylic oxidation sites excluding steroid dienone is 3. The van der Waals surface area contributed by atoms with Crippen molar-refractivity contribution in [2.75, 3.05) is 0 Å². The van der Waals surface area contributed by atoms with Gasteiger partial charge in [-0.05, 0) is 48.8 Å². The second-order valence-electron chi connectivity index (χ2n) is 6.47. The molecular weight excluding hydrogens is 409 g/mol. The first-order chi connectivity index (χ1) is 13.9. The van der Waals surface area contributed by atoms with Crippen LogP contribution in [0.5, 0.6) is 0 Å². The number of amides is 2. The van der Waals surface area contributed by atoms with Gasteiger partial charge in [0.1, 0.15) is 11.9 Å². The molecule has 29 heavy (non-hydrogen) atoms. The highest BCUT2D eigenvalue weighted by Crippen LogP contribution is 2.24. The Morgan fingerprint density at radius 3 is 2.24 bits per heavy atom. The number of rotatable bonds is 5. The molecule has 0 radical (unpaired) electrons. The van der Waals surface area contributed by atoms with Crippen LogP contribution in [0.4, 0.5) is 0 Å². The molecule has 7 heteroatoms. The number of nitrogens with one attached hydrogen (secondary N) is 1. The minimum atomic E-state index is -0.943. The predicted molar refractivity (Wildman–Crippen MR) is 116 cm³/mol. The van der Waals surface area contributed by atoms with Crippen LogP contribution in [0.2, 0.25) is 5.02 Å². The molecule has 1 aliphatic rings. The van der Waals surface area contributed by atoms with Crippen LogP contribution < -0.4 is 11.1 Å². The molecule has 0 saturated heterocycles. The molecule has 2 aromatic rings. The molecule has 3 rings (SSSR count). The van der Waals surface area contributed by atoms with Crippen LogP contribution in [0.25, 0.3) is 0 Å². The van der Waals surface area contributed by atoms with Crippen LogP contribution in [0.3, 0.4) is 0 Å². The van der Waals surface area contributed by atoms with Crippen molar-refractivity contribution in [3.8, 4) is 0 Å². The summed E-state index contributed by atoms with van der Waals surface area (Å²) in [6.07, 6.45) is 4.59. The number of benzene rings is 2. The summed E-state index contributed by atoms with van der Waals surface area (Å²) in [7, 11) is 0. The molecule has 3 N–H and O–H groups in total. The molecule has 0 aromatic heterocycles. The van der Waals surface area contributed by atoms with E-state index in [0.717, 1.165) is 0 Å². The Kier molecular flexibility index (Phi) is 6.86. The van der Waals surface area contributed by atoms with Gasteiger partial charge in [-0.1, -0.05) is 59.6 Å². The molecular formula is C22H19Cl2N3O2. The molecule has 0 aliphatic heterocycles. The molecule has 2 amide bonds. The van der Waals surface area contributed by atoms with Crippen LogP contribution in [0.1, 0.15) is 28.8 Å². The van der Waals surface area contributed by atoms with Gasteiger partial charge >= 0.3 is 0 Å². The number of aliphatic imine (C=N–C) groups is 1. The Balaban J connectivity index is 1.87. The lowest BCUT2D eigenvalue weighted by Crippen LogP contribution is -2.42. The van der Waals surface area contributed by atoms with Gasteiger partial charge in [-0.2, -0.15) is 4.99 Å². The average Bonchev–Trinajstić information content (AvgIpc) is 2.73. The van der Waals surface area contributed by atoms with Crippen LogP contribution in [0, 0.1) is 0 Å². The fraction of sp³-hybridized carbons (Fsp3) is 0.136. The summed E-state index contributed by atoms with van der Waals surface area (Å²) in [6, 6.07) is 14.4. The highest BCUT2D eigenvalue weighted by molar-refractivity contribution is 6.30. The number of nitrogens with two attached hydrogens (primary N) is 1. The van der Waals surface area contributed by atoms with Crippen molar-refractivity contribution >= 4 is 40.9 Å². The first-order valence-corrected chi connectivity index (χ1v) is 9.74. The van der Waals surface area contributed by atoms with Crippen LogP contribution >= 0.6 is 23.2 Å². The topological polar surface area (TPSA) is 84.5 Å². The van der Waals surface area contributed by atoms with E-state index in [0.29, 0.717) is 39.6 Å². The lowest BCUT2D eigenvalue weighted by atomic mass is 9.96. The monoisotopic (exact) mass is 427 g/mol. The number of carbonyl (C=O) groups is 2. The zero-order valence-electron chi connectivity index (χ0n) is 15.4. The fourth-order valence-corrected chi connectivity index (χ4v) is 3.14. The fourth-order valence-electron chi connectivity index (χ4n) is 2.85. The maximum absolute atomic E-state index is 12.9. The van der Waals surface area contributed by atoms with Gasteiger partial charge < -0.3 is 11.1 Å². The highest BCUT2D eigenvalue weighted by atomic mass is 35.5. The Morgan fingerprint density at radius 1 is 0.931 bits per heavy atom. The number of amidine groups is 1. The molecule has 1 unspecified atom stereocenters. The van der Waals surface area contributed by atoms with E-state index in [1.54, 1.807) is 60.7 Å². The van der Waals surface area contributed by atoms with E-state index in [1.165, 1.54) is 0 Å². The standard InChI is InChI=1S/C22H19Cl2N3O2/c23-17-10-6-14(7-11-17)19(26-21(28)16-8-12-18(24)13-9-16)22(29)27-20(25)15-4-2-1-3-5-15/h1-6,8-10,12-13,19H,7,11H2,(H,26,28)(H2,25,27,29). The summed E-state index contributed by atoms with van der Waals surface area (Å²) in [5.41, 5.74) is 7.72. The van der Waals surface area contributed by atoms with Crippen molar-refractivity contribution in [2.45, 2.75) is 18.9 Å². The smallest absolute Gasteiger partial charge is 0.274 e. The first kappa shape index (κ1) is 20.8. The number of carbonyl (C=O) groups excluding carboxylic acids is 2. The molecule has 2 aromatic carbocycles. The van der Waals surface area contributed by atoms with Crippen LogP contribution in [0.15, 0.2) is 82.3 Å². The Bertz CT molecular complexity index is 996. The molecule has 0 spiro atoms. The van der Waals surface area contributed by atoms with Gasteiger partial charge in [0.05, 0.1) is 0 Å². The van der Waals surface area contributed by atoms with E-state index >= 15 is 0 Å². The molecule has 148 valence electrons. The summed E-state index contributed by atoms with van der Waals surface area (Å²) in [5, 5.41) is 3.97. The second kappa shape index (κ2) is 9.54. The molecule has 1 aliphatic carbocycles. The lowest BCUT2D eigenvalue weighted by molar-refractivity contribution is -0.118. The van der Waals surface area contributed by atoms with Crippen molar-refractivity contribution in [2.24, 2.45) is 10.7 Å². The Labute approximate surface area is 178 Å². The zero-order valence-corrected chi connectivity index (χ0v) is 17.0. The average molecular weight is 428 g/mol. The second-order valence-corrected chi connectivity index (χ2v) is 7.39. The third-order valence-electron chi connectivity index (χ3n) is 4.43. The quantitative estimate of drug-likeness (QED) is 0.553. The SMILES string of the molecule is NC(=NC(=O)C(NC(=O)c1ccc(Cl)cc1)C1=CC=C(Cl)CC1)c1ccccc1. The van der Waals surface area contributed by atoms with Gasteiger partial charge in [0.15, 0.2) is 0 Å². The van der Waals surface area contributed by atoms with E-state index < -0.39 is 17.9 Å². The summed E-state index contributed by atoms with van der Waals surface area (Å²) < 4.78 is 0. The van der Waals surface area contributed by atoms with Crippen molar-refractivity contribution < 1.29 is 9.59 Å². The van der Waals surface area contributed by atoms with Gasteiger partial charge in [0.25, 0.3) is 11.8 Å². The molecule has 5 nitrogen and oxygen atoms in total. The largest absolute Gasteiger partial charge is 0.383 e. The maximum atomic E-state index is 12.9. The Morgan fingerprint density at radius 2 is 1.62 bits per heavy atom. The van der Waals surface area contributed by atoms with Gasteiger partial charge in [-0.3, -0.25) is 9.59 Å². The highest BCUT2D eigenvalue weighted by Gasteiger charge is 2.26. The van der Waals surface area contributed by atoms with Crippen molar-refractivity contribution in [1.82, 2.24) is 5.32 Å². The predicted octanol–water partition coefficient (Wildman–Crippen LogP) is 4.21. The van der Waals surface area contributed by atoms with Crippen molar-refractivity contribution in [3.63, 3.8) is 0 Å². The van der Waals surface area contributed by atoms with E-state index in [-0.39, 0.29) is 5.84 Å².